The van der Waals surface area contributed by atoms with Gasteiger partial charge in [-0.15, -0.1) is 0 Å². The Labute approximate surface area is 237 Å². The molecule has 3 heterocycles. The molecule has 1 saturated heterocycles. The molecule has 8 nitrogen and oxygen atoms in total. The maximum absolute atomic E-state index is 13.9. The summed E-state index contributed by atoms with van der Waals surface area (Å²) in [5.41, 5.74) is 5.06. The van der Waals surface area contributed by atoms with E-state index in [9.17, 15) is 9.59 Å². The van der Waals surface area contributed by atoms with Gasteiger partial charge in [-0.25, -0.2) is 0 Å². The van der Waals surface area contributed by atoms with Gasteiger partial charge in [0.25, 0.3) is 5.91 Å². The maximum Gasteiger partial charge on any atom is 0.258 e. The number of piperidine rings is 1. The monoisotopic (exact) mass is 542 g/mol. The number of benzene rings is 1. The van der Waals surface area contributed by atoms with Gasteiger partial charge in [0.1, 0.15) is 5.82 Å². The van der Waals surface area contributed by atoms with Crippen LogP contribution < -0.4 is 10.6 Å². The molecule has 2 aliphatic heterocycles. The molecule has 5 rings (SSSR count). The number of fused-ring (bicyclic) bond motifs is 1. The van der Waals surface area contributed by atoms with E-state index in [4.69, 9.17) is 0 Å². The fourth-order valence-electron chi connectivity index (χ4n) is 5.78. The number of hydrogen-bond acceptors (Lipinski definition) is 5. The van der Waals surface area contributed by atoms with Crippen LogP contribution in [0.15, 0.2) is 60.6 Å². The van der Waals surface area contributed by atoms with E-state index in [1.807, 2.05) is 57.3 Å². The lowest BCUT2D eigenvalue weighted by Gasteiger charge is -2.30. The largest absolute Gasteiger partial charge is 0.339 e. The third kappa shape index (κ3) is 6.22. The Morgan fingerprint density at radius 1 is 1.20 bits per heavy atom. The third-order valence-corrected chi connectivity index (χ3v) is 8.32. The second-order valence-corrected chi connectivity index (χ2v) is 11.3. The number of amides is 2. The molecule has 2 aromatic rings. The van der Waals surface area contributed by atoms with Crippen molar-refractivity contribution in [2.45, 2.75) is 65.0 Å². The molecule has 2 N–H and O–H groups in total. The fraction of sp³-hybridized carbons (Fsp3) is 0.469. The van der Waals surface area contributed by atoms with Gasteiger partial charge in [-0.2, -0.15) is 5.10 Å². The van der Waals surface area contributed by atoms with Crippen LogP contribution in [0.2, 0.25) is 0 Å². The lowest BCUT2D eigenvalue weighted by atomic mass is 9.96. The van der Waals surface area contributed by atoms with Gasteiger partial charge in [0.2, 0.25) is 5.91 Å². The summed E-state index contributed by atoms with van der Waals surface area (Å²) < 4.78 is 1.76. The first kappa shape index (κ1) is 27.9. The van der Waals surface area contributed by atoms with Crippen LogP contribution in [-0.2, 0) is 24.8 Å². The molecule has 1 aliphatic carbocycles. The molecule has 0 atom stereocenters. The Bertz CT molecular complexity index is 1330. The summed E-state index contributed by atoms with van der Waals surface area (Å²) in [7, 11) is 1.87. The van der Waals surface area contributed by atoms with Gasteiger partial charge in [0.15, 0.2) is 0 Å². The Kier molecular flexibility index (Phi) is 8.54. The van der Waals surface area contributed by atoms with E-state index in [1.165, 1.54) is 0 Å². The summed E-state index contributed by atoms with van der Waals surface area (Å²) in [6, 6.07) is 6.29. The van der Waals surface area contributed by atoms with Crippen LogP contribution in [0.1, 0.15) is 66.1 Å². The highest BCUT2D eigenvalue weighted by Crippen LogP contribution is 2.31. The minimum Gasteiger partial charge on any atom is -0.339 e. The number of aromatic nitrogens is 2. The highest BCUT2D eigenvalue weighted by molar-refractivity contribution is 5.96. The van der Waals surface area contributed by atoms with Crippen molar-refractivity contribution in [3.8, 4) is 0 Å². The molecular weight excluding hydrogens is 500 g/mol. The van der Waals surface area contributed by atoms with Gasteiger partial charge in [-0.3, -0.25) is 14.3 Å². The van der Waals surface area contributed by atoms with Crippen molar-refractivity contribution in [2.75, 3.05) is 25.0 Å². The van der Waals surface area contributed by atoms with Crippen molar-refractivity contribution in [3.63, 3.8) is 0 Å². The molecule has 212 valence electrons. The second kappa shape index (κ2) is 12.3. The van der Waals surface area contributed by atoms with Crippen LogP contribution in [0, 0.1) is 12.8 Å². The predicted molar refractivity (Wildman–Crippen MR) is 159 cm³/mol. The Hall–Kier alpha value is -3.65. The van der Waals surface area contributed by atoms with Crippen molar-refractivity contribution in [1.82, 2.24) is 24.9 Å². The van der Waals surface area contributed by atoms with Crippen LogP contribution in [0.4, 0.5) is 5.82 Å². The predicted octanol–water partition coefficient (Wildman–Crippen LogP) is 4.69. The number of carbonyl (C=O) groups is 2. The van der Waals surface area contributed by atoms with E-state index >= 15 is 0 Å². The summed E-state index contributed by atoms with van der Waals surface area (Å²) in [5.74, 6) is 1.62. The molecule has 1 aromatic carbocycles. The van der Waals surface area contributed by atoms with E-state index in [0.717, 1.165) is 73.5 Å². The average Bonchev–Trinajstić information content (AvgIpc) is 3.76. The van der Waals surface area contributed by atoms with Gasteiger partial charge >= 0.3 is 0 Å². The van der Waals surface area contributed by atoms with Crippen LogP contribution in [0.25, 0.3) is 0 Å². The quantitative estimate of drug-likeness (QED) is 0.506. The summed E-state index contributed by atoms with van der Waals surface area (Å²) in [6.45, 7) is 11.6. The zero-order chi connectivity index (χ0) is 28.2. The van der Waals surface area contributed by atoms with E-state index < -0.39 is 0 Å². The molecule has 1 aromatic heterocycles. The van der Waals surface area contributed by atoms with Crippen LogP contribution in [0.3, 0.4) is 0 Å². The number of nitrogens with zero attached hydrogens (tertiary/aromatic N) is 4. The van der Waals surface area contributed by atoms with Gasteiger partial charge in [0.05, 0.1) is 24.1 Å². The lowest BCUT2D eigenvalue weighted by Crippen LogP contribution is -2.40. The molecule has 1 saturated carbocycles. The van der Waals surface area contributed by atoms with Gasteiger partial charge < -0.3 is 20.4 Å². The Morgan fingerprint density at radius 2 is 1.98 bits per heavy atom. The number of nitrogens with one attached hydrogen (secondary N) is 2. The normalized spacial score (nSPS) is 19.0. The van der Waals surface area contributed by atoms with E-state index in [-0.39, 0.29) is 11.8 Å². The number of allylic oxidation sites excluding steroid dienone is 3. The SMILES string of the molecule is C=C1Nc2c(cnn2C)CN(C(=O)c2ccc(CCC(=O)N(CC3CCNCC3)C3CC3)c(C)c2)/C1=C/C=C\C. The molecule has 3 aliphatic rings. The summed E-state index contributed by atoms with van der Waals surface area (Å²) in [5, 5.41) is 11.1. The Morgan fingerprint density at radius 3 is 2.67 bits per heavy atom. The van der Waals surface area contributed by atoms with Gasteiger partial charge in [0, 0.05) is 37.2 Å². The summed E-state index contributed by atoms with van der Waals surface area (Å²) in [6.07, 6.45) is 13.3. The average molecular weight is 543 g/mol. The third-order valence-electron chi connectivity index (χ3n) is 8.32. The summed E-state index contributed by atoms with van der Waals surface area (Å²) in [4.78, 5) is 31.1. The van der Waals surface area contributed by atoms with E-state index in [0.29, 0.717) is 42.6 Å². The molecule has 2 fully saturated rings. The highest BCUT2D eigenvalue weighted by Gasteiger charge is 2.34. The first-order chi connectivity index (χ1) is 19.4. The van der Waals surface area contributed by atoms with Crippen LogP contribution >= 0.6 is 0 Å². The van der Waals surface area contributed by atoms with Crippen LogP contribution in [0.5, 0.6) is 0 Å². The van der Waals surface area contributed by atoms with Crippen molar-refractivity contribution in [1.29, 1.82) is 0 Å². The van der Waals surface area contributed by atoms with Gasteiger partial charge in [-0.05, 0) is 94.3 Å². The number of rotatable bonds is 8. The smallest absolute Gasteiger partial charge is 0.258 e. The molecule has 0 spiro atoms. The van der Waals surface area contributed by atoms with E-state index in [2.05, 4.69) is 27.2 Å². The minimum absolute atomic E-state index is 0.0944. The van der Waals surface area contributed by atoms with Gasteiger partial charge in [-0.1, -0.05) is 24.8 Å². The number of aryl methyl sites for hydroxylation is 3. The molecule has 0 unspecified atom stereocenters. The number of carbonyl (C=O) groups excluding carboxylic acids is 2. The maximum atomic E-state index is 13.9. The fourth-order valence-corrected chi connectivity index (χ4v) is 5.78. The van der Waals surface area contributed by atoms with Crippen molar-refractivity contribution in [3.05, 3.63) is 82.9 Å². The minimum atomic E-state index is -0.0944. The Balaban J connectivity index is 1.29. The van der Waals surface area contributed by atoms with Crippen molar-refractivity contribution in [2.24, 2.45) is 13.0 Å². The van der Waals surface area contributed by atoms with Crippen molar-refractivity contribution >= 4 is 17.6 Å². The molecule has 2 amide bonds. The van der Waals surface area contributed by atoms with E-state index in [1.54, 1.807) is 15.8 Å². The molecular formula is C32H42N6O2. The molecule has 8 heteroatoms. The molecule has 40 heavy (non-hydrogen) atoms. The first-order valence-corrected chi connectivity index (χ1v) is 14.6. The standard InChI is InChI=1S/C32H42N6O2/c1-5-6-7-29-23(3)35-31-27(19-34-36(31)4)21-38(29)32(40)26-9-8-25(22(2)18-26)10-13-30(39)37(28-11-12-28)20-24-14-16-33-17-15-24/h5-9,18-19,24,28,33,35H,3,10-17,20-21H2,1-2,4H3/b6-5-,29-7+. The number of hydrogen-bond donors (Lipinski definition) is 2. The highest BCUT2D eigenvalue weighted by atomic mass is 16.2. The summed E-state index contributed by atoms with van der Waals surface area (Å²) >= 11 is 0. The molecule has 0 radical (unpaired) electrons. The zero-order valence-corrected chi connectivity index (χ0v) is 24.1. The first-order valence-electron chi connectivity index (χ1n) is 14.6. The number of anilines is 1. The van der Waals surface area contributed by atoms with Crippen molar-refractivity contribution < 1.29 is 9.59 Å². The van der Waals surface area contributed by atoms with Crippen LogP contribution in [-0.4, -0.2) is 57.1 Å². The molecule has 0 bridgehead atoms. The topological polar surface area (TPSA) is 82.5 Å². The second-order valence-electron chi connectivity index (χ2n) is 11.3. The lowest BCUT2D eigenvalue weighted by molar-refractivity contribution is -0.132. The zero-order valence-electron chi connectivity index (χ0n) is 24.1.